The fourth-order valence-electron chi connectivity index (χ4n) is 1.52. The summed E-state index contributed by atoms with van der Waals surface area (Å²) < 4.78 is 0. The van der Waals surface area contributed by atoms with Crippen molar-refractivity contribution < 1.29 is 34.8 Å². The van der Waals surface area contributed by atoms with E-state index in [0.717, 1.165) is 6.07 Å². The Bertz CT molecular complexity index is 759. The van der Waals surface area contributed by atoms with E-state index >= 15 is 0 Å². The van der Waals surface area contributed by atoms with Crippen LogP contribution in [0.5, 0.6) is 5.75 Å². The van der Waals surface area contributed by atoms with Gasteiger partial charge in [0.1, 0.15) is 0 Å². The maximum atomic E-state index is 10.7. The van der Waals surface area contributed by atoms with Crippen molar-refractivity contribution in [1.82, 2.24) is 6.15 Å². The van der Waals surface area contributed by atoms with Crippen molar-refractivity contribution in [3.8, 4) is 5.75 Å². The molecular weight excluding hydrogens is 320 g/mol. The molecule has 0 saturated heterocycles. The van der Waals surface area contributed by atoms with Crippen LogP contribution in [0, 0.1) is 0 Å². The number of carboxylic acids is 3. The van der Waals surface area contributed by atoms with E-state index in [2.05, 4.69) is 0 Å². The van der Waals surface area contributed by atoms with Crippen LogP contribution in [0.15, 0.2) is 42.5 Å². The van der Waals surface area contributed by atoms with Crippen molar-refractivity contribution in [3.05, 3.63) is 59.2 Å². The van der Waals surface area contributed by atoms with E-state index in [0.29, 0.717) is 0 Å². The molecule has 0 spiro atoms. The fraction of sp³-hybridized carbons (Fsp3) is 0. The Morgan fingerprint density at radius 1 is 0.833 bits per heavy atom. The summed E-state index contributed by atoms with van der Waals surface area (Å²) in [5.41, 5.74) is 4.91. The predicted molar refractivity (Wildman–Crippen MR) is 83.6 cm³/mol. The minimum absolute atomic E-state index is 0. The number of nitrogen functional groups attached to an aromatic ring is 1. The molecule has 0 aliphatic rings. The molecular formula is C15H16N2O7. The SMILES string of the molecule is Nc1ccc(C(=O)O)cc1C(=O)O.O=C(O)c1ccccc1[O-].[NH4+]. The molecule has 0 saturated carbocycles. The van der Waals surface area contributed by atoms with Gasteiger partial charge in [-0.3, -0.25) is 0 Å². The van der Waals surface area contributed by atoms with Gasteiger partial charge in [-0.15, -0.1) is 0 Å². The molecule has 0 heterocycles. The van der Waals surface area contributed by atoms with Crippen LogP contribution in [0.4, 0.5) is 5.69 Å². The molecule has 2 rings (SSSR count). The van der Waals surface area contributed by atoms with Crippen molar-refractivity contribution in [3.63, 3.8) is 0 Å². The number of rotatable bonds is 3. The van der Waals surface area contributed by atoms with E-state index in [1.165, 1.54) is 36.4 Å². The highest BCUT2D eigenvalue weighted by Crippen LogP contribution is 2.14. The molecule has 24 heavy (non-hydrogen) atoms. The first-order valence-corrected chi connectivity index (χ1v) is 6.09. The summed E-state index contributed by atoms with van der Waals surface area (Å²) in [4.78, 5) is 31.2. The number of anilines is 1. The summed E-state index contributed by atoms with van der Waals surface area (Å²) in [5, 5.41) is 36.2. The number of quaternary nitrogens is 1. The average molecular weight is 336 g/mol. The lowest BCUT2D eigenvalue weighted by atomic mass is 10.1. The molecule has 0 bridgehead atoms. The van der Waals surface area contributed by atoms with E-state index in [9.17, 15) is 19.5 Å². The number of benzene rings is 2. The Hall–Kier alpha value is -3.59. The van der Waals surface area contributed by atoms with Crippen LogP contribution in [-0.2, 0) is 0 Å². The maximum absolute atomic E-state index is 10.7. The highest BCUT2D eigenvalue weighted by Gasteiger charge is 2.11. The number of aromatic carboxylic acids is 3. The van der Waals surface area contributed by atoms with Crippen LogP contribution in [0.25, 0.3) is 0 Å². The highest BCUT2D eigenvalue weighted by atomic mass is 16.4. The lowest BCUT2D eigenvalue weighted by molar-refractivity contribution is -0.268. The monoisotopic (exact) mass is 336 g/mol. The van der Waals surface area contributed by atoms with Crippen molar-refractivity contribution in [1.29, 1.82) is 0 Å². The third-order valence-corrected chi connectivity index (χ3v) is 2.65. The van der Waals surface area contributed by atoms with Crippen molar-refractivity contribution in [2.75, 3.05) is 5.73 Å². The number of carboxylic acid groups (broad SMARTS) is 3. The van der Waals surface area contributed by atoms with Gasteiger partial charge in [0.15, 0.2) is 0 Å². The fourth-order valence-corrected chi connectivity index (χ4v) is 1.52. The third kappa shape index (κ3) is 5.31. The summed E-state index contributed by atoms with van der Waals surface area (Å²) in [5.74, 6) is -4.04. The predicted octanol–water partition coefficient (Wildman–Crippen LogP) is 1.50. The summed E-state index contributed by atoms with van der Waals surface area (Å²) in [6.07, 6.45) is 0. The van der Waals surface area contributed by atoms with Crippen molar-refractivity contribution in [2.24, 2.45) is 0 Å². The van der Waals surface area contributed by atoms with Crippen LogP contribution in [0.3, 0.4) is 0 Å². The summed E-state index contributed by atoms with van der Waals surface area (Å²) in [6, 6.07) is 9.07. The van der Waals surface area contributed by atoms with Crippen LogP contribution in [0.1, 0.15) is 31.1 Å². The minimum atomic E-state index is -1.24. The molecule has 0 aliphatic carbocycles. The van der Waals surface area contributed by atoms with Gasteiger partial charge in [0, 0.05) is 5.69 Å². The lowest BCUT2D eigenvalue weighted by Crippen LogP contribution is -2.05. The zero-order valence-corrected chi connectivity index (χ0v) is 12.6. The normalized spacial score (nSPS) is 9.00. The van der Waals surface area contributed by atoms with Crippen molar-refractivity contribution in [2.45, 2.75) is 0 Å². The minimum Gasteiger partial charge on any atom is -0.872 e. The van der Waals surface area contributed by atoms with E-state index in [-0.39, 0.29) is 28.5 Å². The zero-order valence-electron chi connectivity index (χ0n) is 12.6. The van der Waals surface area contributed by atoms with Crippen LogP contribution < -0.4 is 17.0 Å². The average Bonchev–Trinajstić information content (AvgIpc) is 2.48. The number of carbonyl (C=O) groups is 3. The Morgan fingerprint density at radius 2 is 1.38 bits per heavy atom. The Labute approximate surface area is 136 Å². The Balaban J connectivity index is 0.000000436. The molecule has 2 aromatic carbocycles. The Kier molecular flexibility index (Phi) is 7.45. The molecule has 0 aromatic heterocycles. The summed E-state index contributed by atoms with van der Waals surface area (Å²) >= 11 is 0. The summed E-state index contributed by atoms with van der Waals surface area (Å²) in [7, 11) is 0. The molecule has 9 N–H and O–H groups in total. The van der Waals surface area contributed by atoms with Gasteiger partial charge in [-0.25, -0.2) is 14.4 Å². The van der Waals surface area contributed by atoms with Gasteiger partial charge in [-0.2, -0.15) is 0 Å². The van der Waals surface area contributed by atoms with Gasteiger partial charge >= 0.3 is 17.9 Å². The first-order chi connectivity index (χ1) is 10.7. The molecule has 9 nitrogen and oxygen atoms in total. The third-order valence-electron chi connectivity index (χ3n) is 2.65. The lowest BCUT2D eigenvalue weighted by Gasteiger charge is -2.07. The van der Waals surface area contributed by atoms with E-state index in [4.69, 9.17) is 21.1 Å². The number of hydrogen-bond donors (Lipinski definition) is 5. The second-order valence-electron chi connectivity index (χ2n) is 4.21. The molecule has 128 valence electrons. The van der Waals surface area contributed by atoms with E-state index < -0.39 is 23.7 Å². The Morgan fingerprint density at radius 3 is 1.79 bits per heavy atom. The highest BCUT2D eigenvalue weighted by molar-refractivity contribution is 5.97. The molecule has 9 heteroatoms. The van der Waals surface area contributed by atoms with Gasteiger partial charge in [0.25, 0.3) is 0 Å². The molecule has 0 unspecified atom stereocenters. The van der Waals surface area contributed by atoms with Gasteiger partial charge in [-0.1, -0.05) is 23.9 Å². The molecule has 0 radical (unpaired) electrons. The van der Waals surface area contributed by atoms with Gasteiger partial charge in [0.2, 0.25) is 0 Å². The van der Waals surface area contributed by atoms with Crippen LogP contribution >= 0.6 is 0 Å². The van der Waals surface area contributed by atoms with Crippen LogP contribution in [-0.4, -0.2) is 33.2 Å². The first kappa shape index (κ1) is 20.4. The van der Waals surface area contributed by atoms with E-state index in [1.807, 2.05) is 0 Å². The molecule has 0 fully saturated rings. The van der Waals surface area contributed by atoms with Gasteiger partial charge < -0.3 is 32.3 Å². The van der Waals surface area contributed by atoms with Gasteiger partial charge in [0.05, 0.1) is 16.7 Å². The first-order valence-electron chi connectivity index (χ1n) is 6.09. The molecule has 2 aromatic rings. The molecule has 0 atom stereocenters. The second-order valence-corrected chi connectivity index (χ2v) is 4.21. The number of para-hydroxylation sites is 1. The number of hydrogen-bond acceptors (Lipinski definition) is 5. The largest absolute Gasteiger partial charge is 0.872 e. The zero-order chi connectivity index (χ0) is 17.6. The molecule has 0 aliphatic heterocycles. The topological polar surface area (TPSA) is 197 Å². The quantitative estimate of drug-likeness (QED) is 0.519. The summed E-state index contributed by atoms with van der Waals surface area (Å²) in [6.45, 7) is 0. The standard InChI is InChI=1S/C8H7NO4.C7H6O3.H3N/c9-6-2-1-4(7(10)11)3-5(6)8(12)13;8-6-4-2-1-3-5(6)7(9)10;/h1-3H,9H2,(H,10,11)(H,12,13);1-4,8H,(H,9,10);1H3. The number of nitrogens with two attached hydrogens (primary N) is 1. The van der Waals surface area contributed by atoms with E-state index in [1.54, 1.807) is 0 Å². The second kappa shape index (κ2) is 8.76. The van der Waals surface area contributed by atoms with Gasteiger partial charge in [-0.05, 0) is 24.3 Å². The smallest absolute Gasteiger partial charge is 0.337 e. The maximum Gasteiger partial charge on any atom is 0.337 e. The van der Waals surface area contributed by atoms with Crippen LogP contribution in [0.2, 0.25) is 0 Å². The van der Waals surface area contributed by atoms with Crippen molar-refractivity contribution >= 4 is 23.6 Å². The molecule has 0 amide bonds.